The zero-order chi connectivity index (χ0) is 23.2. The zero-order valence-corrected chi connectivity index (χ0v) is 19.1. The van der Waals surface area contributed by atoms with E-state index in [0.717, 1.165) is 30.4 Å². The Balaban J connectivity index is 1.32. The van der Waals surface area contributed by atoms with E-state index in [1.165, 1.54) is 5.56 Å². The Bertz CT molecular complexity index is 1060. The van der Waals surface area contributed by atoms with Gasteiger partial charge in [0.2, 0.25) is 5.88 Å². The minimum Gasteiger partial charge on any atom is -0.481 e. The summed E-state index contributed by atoms with van der Waals surface area (Å²) < 4.78 is 5.29. The summed E-state index contributed by atoms with van der Waals surface area (Å²) >= 11 is 0. The second-order valence-electron chi connectivity index (χ2n) is 8.64. The number of benzene rings is 2. The topological polar surface area (TPSA) is 74.7 Å². The summed E-state index contributed by atoms with van der Waals surface area (Å²) in [6, 6.07) is 21.8. The lowest BCUT2D eigenvalue weighted by atomic mass is 10.0. The molecule has 0 bridgehead atoms. The van der Waals surface area contributed by atoms with E-state index in [1.807, 2.05) is 66.7 Å². The van der Waals surface area contributed by atoms with Crippen LogP contribution in [-0.2, 0) is 13.0 Å². The van der Waals surface area contributed by atoms with Gasteiger partial charge in [0.1, 0.15) is 0 Å². The van der Waals surface area contributed by atoms with Crippen molar-refractivity contribution in [1.82, 2.24) is 15.2 Å². The molecule has 1 amide bonds. The lowest BCUT2D eigenvalue weighted by Gasteiger charge is -2.21. The average molecular weight is 446 g/mol. The number of hydrogen-bond donors (Lipinski definition) is 2. The van der Waals surface area contributed by atoms with Gasteiger partial charge in [-0.2, -0.15) is 0 Å². The van der Waals surface area contributed by atoms with Gasteiger partial charge in [0.05, 0.1) is 19.8 Å². The number of aliphatic hydroxyl groups is 1. The van der Waals surface area contributed by atoms with E-state index in [4.69, 9.17) is 4.74 Å². The first-order chi connectivity index (χ1) is 16.0. The number of rotatable bonds is 8. The number of amides is 1. The molecule has 3 atom stereocenters. The first-order valence-electron chi connectivity index (χ1n) is 11.4. The number of nitrogens with zero attached hydrogens (tertiary/aromatic N) is 2. The van der Waals surface area contributed by atoms with Crippen molar-refractivity contribution in [3.63, 3.8) is 0 Å². The van der Waals surface area contributed by atoms with E-state index in [9.17, 15) is 9.90 Å². The average Bonchev–Trinajstić information content (AvgIpc) is 3.33. The van der Waals surface area contributed by atoms with Crippen LogP contribution in [0, 0.1) is 0 Å². The summed E-state index contributed by atoms with van der Waals surface area (Å²) in [4.78, 5) is 18.7. The third-order valence-electron chi connectivity index (χ3n) is 6.28. The molecule has 6 nitrogen and oxygen atoms in total. The highest BCUT2D eigenvalue weighted by molar-refractivity contribution is 5.94. The Hall–Kier alpha value is -3.22. The number of carbonyl (C=O) groups is 1. The van der Waals surface area contributed by atoms with Crippen molar-refractivity contribution in [2.45, 2.75) is 44.0 Å². The molecule has 1 aromatic heterocycles. The Labute approximate surface area is 195 Å². The van der Waals surface area contributed by atoms with E-state index in [0.29, 0.717) is 24.0 Å². The largest absolute Gasteiger partial charge is 0.481 e. The third kappa shape index (κ3) is 5.59. The van der Waals surface area contributed by atoms with Crippen molar-refractivity contribution in [2.75, 3.05) is 14.2 Å². The number of carbonyl (C=O) groups excluding carboxylic acids is 1. The van der Waals surface area contributed by atoms with Gasteiger partial charge < -0.3 is 20.1 Å². The van der Waals surface area contributed by atoms with Crippen LogP contribution >= 0.6 is 0 Å². The minimum absolute atomic E-state index is 0.0440. The molecule has 172 valence electrons. The number of methoxy groups -OCH3 is 1. The van der Waals surface area contributed by atoms with Gasteiger partial charge in [0.25, 0.3) is 5.91 Å². The van der Waals surface area contributed by atoms with Crippen molar-refractivity contribution in [3.8, 4) is 5.88 Å². The number of nitrogens with one attached hydrogen (secondary N) is 1. The number of aliphatic hydroxyl groups excluding tert-OH is 1. The molecule has 1 aliphatic rings. The third-order valence-corrected chi connectivity index (χ3v) is 6.28. The molecule has 1 fully saturated rings. The second kappa shape index (κ2) is 10.6. The maximum atomic E-state index is 12.9. The molecule has 1 aliphatic heterocycles. The molecule has 0 saturated carbocycles. The smallest absolute Gasteiger partial charge is 0.253 e. The normalized spacial score (nSPS) is 18.6. The quantitative estimate of drug-likeness (QED) is 0.552. The molecular formula is C27H31N3O3. The van der Waals surface area contributed by atoms with Gasteiger partial charge in [-0.3, -0.25) is 4.79 Å². The molecule has 0 spiro atoms. The molecule has 33 heavy (non-hydrogen) atoms. The van der Waals surface area contributed by atoms with Gasteiger partial charge in [0.15, 0.2) is 0 Å². The van der Waals surface area contributed by atoms with Gasteiger partial charge in [-0.1, -0.05) is 48.5 Å². The van der Waals surface area contributed by atoms with E-state index in [1.54, 1.807) is 25.3 Å². The van der Waals surface area contributed by atoms with Crippen LogP contribution in [0.25, 0.3) is 0 Å². The van der Waals surface area contributed by atoms with Crippen LogP contribution in [0.15, 0.2) is 72.9 Å². The number of aromatic nitrogens is 1. The lowest BCUT2D eigenvalue weighted by Crippen LogP contribution is -2.35. The predicted molar refractivity (Wildman–Crippen MR) is 128 cm³/mol. The minimum atomic E-state index is -0.495. The van der Waals surface area contributed by atoms with Crippen LogP contribution < -0.4 is 10.1 Å². The summed E-state index contributed by atoms with van der Waals surface area (Å²) in [5, 5.41) is 14.3. The van der Waals surface area contributed by atoms with E-state index in [-0.39, 0.29) is 11.9 Å². The Morgan fingerprint density at radius 1 is 1.12 bits per heavy atom. The summed E-state index contributed by atoms with van der Waals surface area (Å²) in [5.41, 5.74) is 3.65. The molecule has 1 unspecified atom stereocenters. The van der Waals surface area contributed by atoms with Crippen molar-refractivity contribution in [1.29, 1.82) is 0 Å². The lowest BCUT2D eigenvalue weighted by molar-refractivity contribution is 0.0784. The summed E-state index contributed by atoms with van der Waals surface area (Å²) in [6.07, 6.45) is 4.01. The fraction of sp³-hybridized carbons (Fsp3) is 0.333. The molecule has 1 saturated heterocycles. The zero-order valence-electron chi connectivity index (χ0n) is 19.1. The van der Waals surface area contributed by atoms with Crippen LogP contribution in [0.1, 0.15) is 46.0 Å². The van der Waals surface area contributed by atoms with Gasteiger partial charge in [-0.05, 0) is 48.6 Å². The van der Waals surface area contributed by atoms with E-state index in [2.05, 4.69) is 10.3 Å². The molecule has 0 radical (unpaired) electrons. The maximum absolute atomic E-state index is 12.9. The summed E-state index contributed by atoms with van der Waals surface area (Å²) in [7, 11) is 3.36. The fourth-order valence-corrected chi connectivity index (χ4v) is 4.49. The van der Waals surface area contributed by atoms with Crippen LogP contribution in [0.3, 0.4) is 0 Å². The molecule has 3 aromatic rings. The monoisotopic (exact) mass is 445 g/mol. The first kappa shape index (κ1) is 23.0. The SMILES string of the molecule is COc1ncccc1CN(C)C(=O)c1ccc(C[C@@H]2CC[C@H](C(O)c3ccccc3)N2)cc1. The van der Waals surface area contributed by atoms with Crippen LogP contribution in [-0.4, -0.2) is 47.1 Å². The molecular weight excluding hydrogens is 414 g/mol. The Kier molecular flexibility index (Phi) is 7.37. The van der Waals surface area contributed by atoms with Gasteiger partial charge in [-0.25, -0.2) is 4.98 Å². The highest BCUT2D eigenvalue weighted by Gasteiger charge is 2.29. The van der Waals surface area contributed by atoms with E-state index >= 15 is 0 Å². The highest BCUT2D eigenvalue weighted by Crippen LogP contribution is 2.27. The van der Waals surface area contributed by atoms with Crippen LogP contribution in [0.4, 0.5) is 0 Å². The number of pyridine rings is 1. The van der Waals surface area contributed by atoms with Crippen molar-refractivity contribution >= 4 is 5.91 Å². The molecule has 0 aliphatic carbocycles. The summed E-state index contributed by atoms with van der Waals surface area (Å²) in [5.74, 6) is 0.491. The van der Waals surface area contributed by atoms with Gasteiger partial charge in [-0.15, -0.1) is 0 Å². The number of ether oxygens (including phenoxy) is 1. The van der Waals surface area contributed by atoms with Crippen molar-refractivity contribution < 1.29 is 14.6 Å². The van der Waals surface area contributed by atoms with Gasteiger partial charge in [0, 0.05) is 36.5 Å². The van der Waals surface area contributed by atoms with Crippen LogP contribution in [0.5, 0.6) is 5.88 Å². The predicted octanol–water partition coefficient (Wildman–Crippen LogP) is 3.76. The molecule has 6 heteroatoms. The second-order valence-corrected chi connectivity index (χ2v) is 8.64. The number of hydrogen-bond acceptors (Lipinski definition) is 5. The molecule has 2 heterocycles. The van der Waals surface area contributed by atoms with Crippen LogP contribution in [0.2, 0.25) is 0 Å². The fourth-order valence-electron chi connectivity index (χ4n) is 4.49. The standard InChI is InChI=1S/C27H31N3O3/c1-30(18-22-9-6-16-28-26(22)33-2)27(32)21-12-10-19(11-13-21)17-23-14-15-24(29-23)25(31)20-7-4-3-5-8-20/h3-13,16,23-25,29,31H,14-15,17-18H2,1-2H3/t23-,24+,25?/m0/s1. The van der Waals surface area contributed by atoms with Crippen molar-refractivity contribution in [2.24, 2.45) is 0 Å². The van der Waals surface area contributed by atoms with Crippen molar-refractivity contribution in [3.05, 3.63) is 95.2 Å². The first-order valence-corrected chi connectivity index (χ1v) is 11.4. The highest BCUT2D eigenvalue weighted by atomic mass is 16.5. The Morgan fingerprint density at radius 3 is 2.61 bits per heavy atom. The molecule has 4 rings (SSSR count). The Morgan fingerprint density at radius 2 is 1.88 bits per heavy atom. The van der Waals surface area contributed by atoms with E-state index < -0.39 is 6.10 Å². The van der Waals surface area contributed by atoms with Gasteiger partial charge >= 0.3 is 0 Å². The molecule has 2 N–H and O–H groups in total. The molecule has 2 aromatic carbocycles. The maximum Gasteiger partial charge on any atom is 0.253 e. The summed E-state index contributed by atoms with van der Waals surface area (Å²) in [6.45, 7) is 0.425.